The minimum atomic E-state index is 0.188. The van der Waals surface area contributed by atoms with Crippen LogP contribution in [0.2, 0.25) is 0 Å². The molecule has 0 radical (unpaired) electrons. The van der Waals surface area contributed by atoms with Crippen LogP contribution in [0.15, 0.2) is 48.5 Å². The number of rotatable bonds is 4. The number of benzene rings is 2. The molecule has 0 bridgehead atoms. The second-order valence-electron chi connectivity index (χ2n) is 5.78. The first-order valence-electron chi connectivity index (χ1n) is 8.08. The van der Waals surface area contributed by atoms with E-state index in [0.717, 1.165) is 16.7 Å². The van der Waals surface area contributed by atoms with E-state index < -0.39 is 0 Å². The van der Waals surface area contributed by atoms with Crippen LogP contribution in [0.25, 0.3) is 22.4 Å². The van der Waals surface area contributed by atoms with Crippen LogP contribution in [0.3, 0.4) is 0 Å². The maximum absolute atomic E-state index is 9.62. The second-order valence-corrected chi connectivity index (χ2v) is 5.78. The lowest BCUT2D eigenvalue weighted by molar-refractivity contribution is 0.356. The summed E-state index contributed by atoms with van der Waals surface area (Å²) in [7, 11) is 3.15. The summed E-state index contributed by atoms with van der Waals surface area (Å²) < 4.78 is 10.9. The number of ether oxygens (including phenoxy) is 2. The van der Waals surface area contributed by atoms with Gasteiger partial charge in [0.05, 0.1) is 19.9 Å². The molecule has 0 amide bonds. The van der Waals surface area contributed by atoms with E-state index in [0.29, 0.717) is 28.3 Å². The molecule has 2 N–H and O–H groups in total. The third-order valence-corrected chi connectivity index (χ3v) is 4.27. The van der Waals surface area contributed by atoms with Crippen molar-refractivity contribution in [2.75, 3.05) is 20.0 Å². The molecule has 1 heterocycles. The van der Waals surface area contributed by atoms with Crippen LogP contribution in [0.4, 0.5) is 5.82 Å². The van der Waals surface area contributed by atoms with Crippen LogP contribution in [-0.4, -0.2) is 19.2 Å². The highest BCUT2D eigenvalue weighted by Crippen LogP contribution is 2.41. The van der Waals surface area contributed by atoms with E-state index in [-0.39, 0.29) is 5.82 Å². The Hall–Kier alpha value is -3.52. The maximum atomic E-state index is 9.62. The fourth-order valence-electron chi connectivity index (χ4n) is 2.99. The predicted octanol–water partition coefficient (Wildman–Crippen LogP) is 4.20. The van der Waals surface area contributed by atoms with Gasteiger partial charge < -0.3 is 15.2 Å². The summed E-state index contributed by atoms with van der Waals surface area (Å²) in [5.74, 6) is 1.32. The SMILES string of the molecule is COc1cccc(-c2cc(-c3ccccc3C)nc(N)c2C#N)c1OC. The number of nitriles is 1. The van der Waals surface area contributed by atoms with Crippen LogP contribution in [-0.2, 0) is 0 Å². The lowest BCUT2D eigenvalue weighted by Gasteiger charge is -2.16. The number of nitrogens with zero attached hydrogens (tertiary/aromatic N) is 2. The van der Waals surface area contributed by atoms with E-state index in [1.165, 1.54) is 0 Å². The monoisotopic (exact) mass is 345 g/mol. The fraction of sp³-hybridized carbons (Fsp3) is 0.143. The number of aryl methyl sites for hydroxylation is 1. The van der Waals surface area contributed by atoms with Gasteiger partial charge in [-0.3, -0.25) is 0 Å². The van der Waals surface area contributed by atoms with Crippen LogP contribution in [0, 0.1) is 18.3 Å². The highest BCUT2D eigenvalue weighted by atomic mass is 16.5. The largest absolute Gasteiger partial charge is 0.493 e. The van der Waals surface area contributed by atoms with Crippen LogP contribution < -0.4 is 15.2 Å². The van der Waals surface area contributed by atoms with Gasteiger partial charge in [-0.25, -0.2) is 4.98 Å². The Morgan fingerprint density at radius 3 is 2.35 bits per heavy atom. The standard InChI is InChI=1S/C21H19N3O2/c1-13-7-4-5-8-14(13)18-11-16(17(12-22)21(23)24-18)15-9-6-10-19(25-2)20(15)26-3/h4-11H,1-3H3,(H2,23,24). The third kappa shape index (κ3) is 2.93. The molecule has 5 nitrogen and oxygen atoms in total. The summed E-state index contributed by atoms with van der Waals surface area (Å²) in [5.41, 5.74) is 10.6. The number of aromatic nitrogens is 1. The molecule has 0 aliphatic carbocycles. The summed E-state index contributed by atoms with van der Waals surface area (Å²) in [5, 5.41) is 9.62. The van der Waals surface area contributed by atoms with Crippen LogP contribution in [0.1, 0.15) is 11.1 Å². The van der Waals surface area contributed by atoms with E-state index >= 15 is 0 Å². The van der Waals surface area contributed by atoms with Gasteiger partial charge in [0.15, 0.2) is 11.5 Å². The van der Waals surface area contributed by atoms with Crippen LogP contribution >= 0.6 is 0 Å². The van der Waals surface area contributed by atoms with Gasteiger partial charge in [-0.05, 0) is 24.6 Å². The van der Waals surface area contributed by atoms with Crippen molar-refractivity contribution in [3.05, 3.63) is 59.7 Å². The molecule has 3 aromatic rings. The zero-order valence-electron chi connectivity index (χ0n) is 14.9. The van der Waals surface area contributed by atoms with Gasteiger partial charge in [0, 0.05) is 16.7 Å². The number of anilines is 1. The Bertz CT molecular complexity index is 1010. The first-order valence-corrected chi connectivity index (χ1v) is 8.08. The van der Waals surface area contributed by atoms with Crippen molar-refractivity contribution in [1.29, 1.82) is 5.26 Å². The predicted molar refractivity (Wildman–Crippen MR) is 102 cm³/mol. The highest BCUT2D eigenvalue weighted by Gasteiger charge is 2.19. The molecule has 26 heavy (non-hydrogen) atoms. The molecule has 0 saturated carbocycles. The van der Waals surface area contributed by atoms with E-state index in [1.807, 2.05) is 49.4 Å². The molecule has 1 aromatic heterocycles. The molecule has 0 unspecified atom stereocenters. The van der Waals surface area contributed by atoms with Crippen molar-refractivity contribution in [2.24, 2.45) is 0 Å². The molecule has 130 valence electrons. The molecule has 3 rings (SSSR count). The van der Waals surface area contributed by atoms with Crippen molar-refractivity contribution in [2.45, 2.75) is 6.92 Å². The Balaban J connectivity index is 2.32. The number of hydrogen-bond donors (Lipinski definition) is 1. The minimum Gasteiger partial charge on any atom is -0.493 e. The highest BCUT2D eigenvalue weighted by molar-refractivity contribution is 5.84. The molecule has 0 fully saturated rings. The van der Waals surface area contributed by atoms with E-state index in [1.54, 1.807) is 20.3 Å². The van der Waals surface area contributed by atoms with Gasteiger partial charge >= 0.3 is 0 Å². The molecular weight excluding hydrogens is 326 g/mol. The van der Waals surface area contributed by atoms with Gasteiger partial charge in [0.1, 0.15) is 17.5 Å². The molecule has 0 atom stereocenters. The van der Waals surface area contributed by atoms with Crippen molar-refractivity contribution < 1.29 is 9.47 Å². The summed E-state index contributed by atoms with van der Waals surface area (Å²) in [6.07, 6.45) is 0. The van der Waals surface area contributed by atoms with E-state index in [4.69, 9.17) is 15.2 Å². The zero-order chi connectivity index (χ0) is 18.7. The average Bonchev–Trinajstić information content (AvgIpc) is 2.66. The smallest absolute Gasteiger partial charge is 0.168 e. The Morgan fingerprint density at radius 2 is 1.69 bits per heavy atom. The van der Waals surface area contributed by atoms with E-state index in [2.05, 4.69) is 11.1 Å². The third-order valence-electron chi connectivity index (χ3n) is 4.27. The first kappa shape index (κ1) is 17.3. The summed E-state index contributed by atoms with van der Waals surface area (Å²) in [4.78, 5) is 4.44. The fourth-order valence-corrected chi connectivity index (χ4v) is 2.99. The molecule has 5 heteroatoms. The van der Waals surface area contributed by atoms with Crippen molar-refractivity contribution >= 4 is 5.82 Å². The Kier molecular flexibility index (Phi) is 4.76. The van der Waals surface area contributed by atoms with Gasteiger partial charge in [-0.1, -0.05) is 36.4 Å². The minimum absolute atomic E-state index is 0.188. The molecule has 0 aliphatic rings. The van der Waals surface area contributed by atoms with Crippen molar-refractivity contribution in [1.82, 2.24) is 4.98 Å². The maximum Gasteiger partial charge on any atom is 0.168 e. The van der Waals surface area contributed by atoms with Gasteiger partial charge in [0.25, 0.3) is 0 Å². The molecular formula is C21H19N3O2. The number of pyridine rings is 1. The summed E-state index contributed by atoms with van der Waals surface area (Å²) >= 11 is 0. The first-order chi connectivity index (χ1) is 12.6. The van der Waals surface area contributed by atoms with Gasteiger partial charge in [0.2, 0.25) is 0 Å². The summed E-state index contributed by atoms with van der Waals surface area (Å²) in [6.45, 7) is 2.01. The lowest BCUT2D eigenvalue weighted by Crippen LogP contribution is -2.01. The van der Waals surface area contributed by atoms with Crippen molar-refractivity contribution in [3.8, 4) is 40.0 Å². The number of para-hydroxylation sites is 1. The van der Waals surface area contributed by atoms with Crippen LogP contribution in [0.5, 0.6) is 11.5 Å². The zero-order valence-corrected chi connectivity index (χ0v) is 14.9. The Morgan fingerprint density at radius 1 is 0.962 bits per heavy atom. The topological polar surface area (TPSA) is 81.2 Å². The number of nitrogens with two attached hydrogens (primary N) is 1. The number of methoxy groups -OCH3 is 2. The number of hydrogen-bond acceptors (Lipinski definition) is 5. The van der Waals surface area contributed by atoms with E-state index in [9.17, 15) is 5.26 Å². The molecule has 2 aromatic carbocycles. The lowest BCUT2D eigenvalue weighted by atomic mass is 9.96. The Labute approximate surface area is 152 Å². The molecule has 0 saturated heterocycles. The number of nitrogen functional groups attached to an aromatic ring is 1. The summed E-state index contributed by atoms with van der Waals surface area (Å²) in [6, 6.07) is 17.5. The molecule has 0 aliphatic heterocycles. The second kappa shape index (κ2) is 7.16. The van der Waals surface area contributed by atoms with Gasteiger partial charge in [-0.15, -0.1) is 0 Å². The van der Waals surface area contributed by atoms with Gasteiger partial charge in [-0.2, -0.15) is 5.26 Å². The average molecular weight is 345 g/mol. The van der Waals surface area contributed by atoms with Crippen molar-refractivity contribution in [3.63, 3.8) is 0 Å². The quantitative estimate of drug-likeness (QED) is 0.766. The molecule has 0 spiro atoms. The normalized spacial score (nSPS) is 10.2.